The molecule has 0 bridgehead atoms. The summed E-state index contributed by atoms with van der Waals surface area (Å²) in [5.74, 6) is 0.0777. The largest absolute Gasteiger partial charge is 0.421 e. The molecule has 0 radical (unpaired) electrons. The molecule has 3 aromatic rings. The number of carbonyl (C=O) groups is 1. The summed E-state index contributed by atoms with van der Waals surface area (Å²) in [4.78, 5) is 16.9. The van der Waals surface area contributed by atoms with E-state index in [0.29, 0.717) is 16.9 Å². The number of rotatable bonds is 13. The van der Waals surface area contributed by atoms with Crippen molar-refractivity contribution in [2.45, 2.75) is 71.1 Å². The minimum absolute atomic E-state index is 0.366. The highest BCUT2D eigenvalue weighted by Crippen LogP contribution is 2.16. The lowest BCUT2D eigenvalue weighted by Gasteiger charge is -2.07. The molecule has 176 valence electrons. The molecule has 0 aliphatic carbocycles. The van der Waals surface area contributed by atoms with Gasteiger partial charge in [-0.15, -0.1) is 0 Å². The van der Waals surface area contributed by atoms with E-state index in [1.807, 2.05) is 54.6 Å². The Balaban J connectivity index is 1.41. The third kappa shape index (κ3) is 8.48. The molecule has 4 heteroatoms. The molecule has 0 fully saturated rings. The molecule has 4 nitrogen and oxygen atoms in total. The predicted octanol–water partition coefficient (Wildman–Crippen LogP) is 7.25. The summed E-state index contributed by atoms with van der Waals surface area (Å²) in [7, 11) is 0. The Morgan fingerprint density at radius 2 is 1.44 bits per heavy atom. The Labute approximate surface area is 203 Å². The number of carbonyl (C=O) groups excluding carboxylic acids is 1. The average Bonchev–Trinajstić information content (AvgIpc) is 2.88. The molecule has 3 rings (SSSR count). The Morgan fingerprint density at radius 3 is 2.09 bits per heavy atom. The predicted molar refractivity (Wildman–Crippen MR) is 136 cm³/mol. The maximum absolute atomic E-state index is 12.5. The van der Waals surface area contributed by atoms with Gasteiger partial charge in [-0.1, -0.05) is 69.7 Å². The lowest BCUT2D eigenvalue weighted by Crippen LogP contribution is -2.09. The SMILES string of the molecule is CCCCCCCCCc1ccc(C(=O)Oc2ccc(CCc3ccc(C#N)cc3)nc2)cc1. The zero-order valence-electron chi connectivity index (χ0n) is 20.1. The highest BCUT2D eigenvalue weighted by atomic mass is 16.5. The van der Waals surface area contributed by atoms with Gasteiger partial charge in [0.05, 0.1) is 23.4 Å². The summed E-state index contributed by atoms with van der Waals surface area (Å²) in [5.41, 5.74) is 4.56. The maximum atomic E-state index is 12.5. The number of nitriles is 1. The minimum Gasteiger partial charge on any atom is -0.421 e. The smallest absolute Gasteiger partial charge is 0.343 e. The van der Waals surface area contributed by atoms with Crippen LogP contribution in [0.4, 0.5) is 0 Å². The highest BCUT2D eigenvalue weighted by Gasteiger charge is 2.09. The third-order valence-electron chi connectivity index (χ3n) is 6.02. The van der Waals surface area contributed by atoms with Gasteiger partial charge in [0.2, 0.25) is 0 Å². The number of hydrogen-bond donors (Lipinski definition) is 0. The van der Waals surface area contributed by atoms with Crippen molar-refractivity contribution in [1.82, 2.24) is 4.98 Å². The van der Waals surface area contributed by atoms with E-state index >= 15 is 0 Å². The van der Waals surface area contributed by atoms with Gasteiger partial charge >= 0.3 is 5.97 Å². The summed E-state index contributed by atoms with van der Waals surface area (Å²) >= 11 is 0. The maximum Gasteiger partial charge on any atom is 0.343 e. The molecule has 0 aliphatic rings. The first-order valence-corrected chi connectivity index (χ1v) is 12.4. The summed E-state index contributed by atoms with van der Waals surface area (Å²) in [6.45, 7) is 2.24. The molecule has 0 N–H and O–H groups in total. The number of aromatic nitrogens is 1. The van der Waals surface area contributed by atoms with E-state index in [1.54, 1.807) is 12.3 Å². The number of pyridine rings is 1. The van der Waals surface area contributed by atoms with E-state index in [0.717, 1.165) is 30.5 Å². The van der Waals surface area contributed by atoms with Crippen molar-refractivity contribution in [3.05, 3.63) is 94.8 Å². The second-order valence-corrected chi connectivity index (χ2v) is 8.75. The Morgan fingerprint density at radius 1 is 0.794 bits per heavy atom. The van der Waals surface area contributed by atoms with E-state index in [1.165, 1.54) is 50.5 Å². The fourth-order valence-corrected chi connectivity index (χ4v) is 3.90. The van der Waals surface area contributed by atoms with Crippen LogP contribution in [0.25, 0.3) is 0 Å². The molecule has 0 unspecified atom stereocenters. The lowest BCUT2D eigenvalue weighted by atomic mass is 10.0. The highest BCUT2D eigenvalue weighted by molar-refractivity contribution is 5.91. The Bertz CT molecular complexity index is 1050. The summed E-state index contributed by atoms with van der Waals surface area (Å²) in [6, 6.07) is 21.1. The average molecular weight is 455 g/mol. The van der Waals surface area contributed by atoms with E-state index in [4.69, 9.17) is 10.00 Å². The molecular weight excluding hydrogens is 420 g/mol. The van der Waals surface area contributed by atoms with Crippen molar-refractivity contribution in [2.24, 2.45) is 0 Å². The van der Waals surface area contributed by atoms with Crippen LogP contribution in [-0.2, 0) is 19.3 Å². The van der Waals surface area contributed by atoms with E-state index in [2.05, 4.69) is 18.0 Å². The molecule has 34 heavy (non-hydrogen) atoms. The topological polar surface area (TPSA) is 63.0 Å². The quantitative estimate of drug-likeness (QED) is 0.201. The van der Waals surface area contributed by atoms with Crippen molar-refractivity contribution >= 4 is 5.97 Å². The van der Waals surface area contributed by atoms with Crippen LogP contribution in [0, 0.1) is 11.3 Å². The van der Waals surface area contributed by atoms with Gasteiger partial charge in [0.1, 0.15) is 5.75 Å². The zero-order valence-corrected chi connectivity index (χ0v) is 20.1. The van der Waals surface area contributed by atoms with Crippen molar-refractivity contribution < 1.29 is 9.53 Å². The van der Waals surface area contributed by atoms with Gasteiger partial charge in [0, 0.05) is 5.69 Å². The Hall–Kier alpha value is -3.45. The standard InChI is InChI=1S/C30H34N2O2/c1-2-3-4-5-6-7-8-9-24-14-17-27(18-15-24)30(33)34-29-21-20-28(32-23-29)19-16-25-10-12-26(22-31)13-11-25/h10-15,17-18,20-21,23H,2-9,16,19H2,1H3. The van der Waals surface area contributed by atoms with Gasteiger partial charge in [0.25, 0.3) is 0 Å². The number of aryl methyl sites for hydroxylation is 3. The first kappa shape index (κ1) is 25.2. The van der Waals surface area contributed by atoms with Gasteiger partial charge < -0.3 is 4.74 Å². The van der Waals surface area contributed by atoms with Crippen LogP contribution >= 0.6 is 0 Å². The van der Waals surface area contributed by atoms with Gasteiger partial charge in [-0.05, 0) is 73.2 Å². The number of hydrogen-bond acceptors (Lipinski definition) is 4. The zero-order chi connectivity index (χ0) is 24.0. The van der Waals surface area contributed by atoms with Crippen molar-refractivity contribution in [1.29, 1.82) is 5.26 Å². The lowest BCUT2D eigenvalue weighted by molar-refractivity contribution is 0.0734. The Kier molecular flexibility index (Phi) is 10.3. The van der Waals surface area contributed by atoms with Crippen LogP contribution in [-0.4, -0.2) is 11.0 Å². The molecule has 2 aromatic carbocycles. The van der Waals surface area contributed by atoms with Crippen molar-refractivity contribution in [2.75, 3.05) is 0 Å². The van der Waals surface area contributed by atoms with Crippen LogP contribution in [0.1, 0.15) is 84.6 Å². The number of nitrogens with zero attached hydrogens (tertiary/aromatic N) is 2. The van der Waals surface area contributed by atoms with Crippen molar-refractivity contribution in [3.63, 3.8) is 0 Å². The molecule has 0 saturated carbocycles. The molecule has 0 spiro atoms. The number of esters is 1. The summed E-state index contributed by atoms with van der Waals surface area (Å²) < 4.78 is 5.50. The molecule has 1 aromatic heterocycles. The first-order chi connectivity index (χ1) is 16.7. The first-order valence-electron chi connectivity index (χ1n) is 12.4. The fourth-order valence-electron chi connectivity index (χ4n) is 3.90. The molecule has 0 saturated heterocycles. The second-order valence-electron chi connectivity index (χ2n) is 8.75. The van der Waals surface area contributed by atoms with E-state index in [-0.39, 0.29) is 5.97 Å². The van der Waals surface area contributed by atoms with Crippen molar-refractivity contribution in [3.8, 4) is 11.8 Å². The third-order valence-corrected chi connectivity index (χ3v) is 6.02. The van der Waals surface area contributed by atoms with Gasteiger partial charge in [-0.25, -0.2) is 4.79 Å². The second kappa shape index (κ2) is 14.0. The van der Waals surface area contributed by atoms with Crippen LogP contribution in [0.3, 0.4) is 0 Å². The van der Waals surface area contributed by atoms with Gasteiger partial charge in [-0.2, -0.15) is 5.26 Å². The molecule has 0 aliphatic heterocycles. The minimum atomic E-state index is -0.366. The number of unbranched alkanes of at least 4 members (excludes halogenated alkanes) is 6. The number of ether oxygens (including phenoxy) is 1. The van der Waals surface area contributed by atoms with E-state index in [9.17, 15) is 4.79 Å². The number of benzene rings is 2. The van der Waals surface area contributed by atoms with Crippen LogP contribution < -0.4 is 4.74 Å². The van der Waals surface area contributed by atoms with Crippen LogP contribution in [0.2, 0.25) is 0 Å². The fraction of sp³-hybridized carbons (Fsp3) is 0.367. The monoisotopic (exact) mass is 454 g/mol. The van der Waals surface area contributed by atoms with Gasteiger partial charge in [0.15, 0.2) is 0 Å². The van der Waals surface area contributed by atoms with Gasteiger partial charge in [-0.3, -0.25) is 4.98 Å². The molecule has 0 atom stereocenters. The molecule has 0 amide bonds. The normalized spacial score (nSPS) is 10.6. The summed E-state index contributed by atoms with van der Waals surface area (Å²) in [5, 5.41) is 8.88. The molecular formula is C30H34N2O2. The van der Waals surface area contributed by atoms with Crippen LogP contribution in [0.15, 0.2) is 66.9 Å². The van der Waals surface area contributed by atoms with E-state index < -0.39 is 0 Å². The molecule has 1 heterocycles. The summed E-state index contributed by atoms with van der Waals surface area (Å²) in [6.07, 6.45) is 13.4. The van der Waals surface area contributed by atoms with Crippen LogP contribution in [0.5, 0.6) is 5.75 Å².